The molecule has 1 saturated heterocycles. The summed E-state index contributed by atoms with van der Waals surface area (Å²) in [7, 11) is 0. The van der Waals surface area contributed by atoms with Gasteiger partial charge in [0.25, 0.3) is 5.91 Å². The normalized spacial score (nSPS) is 14.4. The zero-order valence-corrected chi connectivity index (χ0v) is 14.9. The lowest BCUT2D eigenvalue weighted by atomic mass is 10.1. The Morgan fingerprint density at radius 1 is 1.23 bits per heavy atom. The third-order valence-corrected chi connectivity index (χ3v) is 4.01. The fourth-order valence-electron chi connectivity index (χ4n) is 2.72. The Labute approximate surface area is 153 Å². The van der Waals surface area contributed by atoms with E-state index in [1.807, 2.05) is 37.3 Å². The van der Waals surface area contributed by atoms with Crippen molar-refractivity contribution in [1.82, 2.24) is 15.4 Å². The molecule has 2 heterocycles. The largest absolute Gasteiger partial charge is 0.467 e. The number of piperidine rings is 1. The minimum atomic E-state index is -0.340. The molecule has 1 aromatic heterocycles. The fraction of sp³-hybridized carbons (Fsp3) is 0.368. The third-order valence-electron chi connectivity index (χ3n) is 4.01. The van der Waals surface area contributed by atoms with Crippen molar-refractivity contribution in [2.24, 2.45) is 5.10 Å². The van der Waals surface area contributed by atoms with Crippen molar-refractivity contribution in [1.29, 1.82) is 0 Å². The molecule has 0 atom stereocenters. The van der Waals surface area contributed by atoms with E-state index in [1.165, 1.54) is 6.42 Å². The molecule has 0 bridgehead atoms. The number of amides is 1. The zero-order valence-electron chi connectivity index (χ0n) is 14.9. The van der Waals surface area contributed by atoms with Crippen LogP contribution in [0.4, 0.5) is 5.95 Å². The zero-order chi connectivity index (χ0) is 18.2. The van der Waals surface area contributed by atoms with Crippen molar-refractivity contribution >= 4 is 18.1 Å². The maximum Gasteiger partial charge on any atom is 0.278 e. The standard InChI is InChI=1S/C19H23N5O2/c1-15-12-18(22-19(21-15)24-10-6-3-7-11-24)26-14-17(25)23-20-13-16-8-4-2-5-9-16/h2,4-5,8-9,12-13H,3,6-7,10-11,14H2,1H3,(H,23,25). The van der Waals surface area contributed by atoms with Gasteiger partial charge in [0.2, 0.25) is 11.8 Å². The van der Waals surface area contributed by atoms with Crippen LogP contribution in [0.2, 0.25) is 0 Å². The number of ether oxygens (including phenoxy) is 1. The summed E-state index contributed by atoms with van der Waals surface area (Å²) in [5, 5.41) is 3.92. The summed E-state index contributed by atoms with van der Waals surface area (Å²) in [6.07, 6.45) is 5.13. The van der Waals surface area contributed by atoms with Gasteiger partial charge < -0.3 is 9.64 Å². The van der Waals surface area contributed by atoms with Crippen LogP contribution in [-0.4, -0.2) is 41.8 Å². The van der Waals surface area contributed by atoms with Crippen LogP contribution in [0.15, 0.2) is 41.5 Å². The van der Waals surface area contributed by atoms with E-state index >= 15 is 0 Å². The van der Waals surface area contributed by atoms with Gasteiger partial charge in [-0.1, -0.05) is 30.3 Å². The molecule has 1 aromatic carbocycles. The second-order valence-electron chi connectivity index (χ2n) is 6.19. The molecule has 1 fully saturated rings. The van der Waals surface area contributed by atoms with E-state index in [0.717, 1.165) is 37.2 Å². The van der Waals surface area contributed by atoms with E-state index in [-0.39, 0.29) is 12.5 Å². The molecule has 1 aliphatic heterocycles. The Hall–Kier alpha value is -2.96. The number of hydrogen-bond donors (Lipinski definition) is 1. The van der Waals surface area contributed by atoms with Crippen LogP contribution in [-0.2, 0) is 4.79 Å². The number of anilines is 1. The van der Waals surface area contributed by atoms with Crippen LogP contribution < -0.4 is 15.1 Å². The fourth-order valence-corrected chi connectivity index (χ4v) is 2.72. The van der Waals surface area contributed by atoms with Crippen molar-refractivity contribution < 1.29 is 9.53 Å². The Morgan fingerprint density at radius 3 is 2.77 bits per heavy atom. The second kappa shape index (κ2) is 8.94. The van der Waals surface area contributed by atoms with Crippen LogP contribution in [0.25, 0.3) is 0 Å². The molecule has 7 nitrogen and oxygen atoms in total. The summed E-state index contributed by atoms with van der Waals surface area (Å²) in [6.45, 7) is 3.66. The molecule has 136 valence electrons. The number of nitrogens with one attached hydrogen (secondary N) is 1. The molecule has 1 aliphatic rings. The van der Waals surface area contributed by atoms with Crippen molar-refractivity contribution in [2.75, 3.05) is 24.6 Å². The topological polar surface area (TPSA) is 79.7 Å². The summed E-state index contributed by atoms with van der Waals surface area (Å²) in [4.78, 5) is 22.9. The van der Waals surface area contributed by atoms with E-state index in [1.54, 1.807) is 12.3 Å². The first-order valence-corrected chi connectivity index (χ1v) is 8.81. The maximum absolute atomic E-state index is 11.9. The quantitative estimate of drug-likeness (QED) is 0.637. The lowest BCUT2D eigenvalue weighted by Gasteiger charge is -2.26. The average Bonchev–Trinajstić information content (AvgIpc) is 2.67. The first kappa shape index (κ1) is 17.8. The van der Waals surface area contributed by atoms with Crippen LogP contribution in [0.3, 0.4) is 0 Å². The van der Waals surface area contributed by atoms with E-state index < -0.39 is 0 Å². The molecular formula is C19H23N5O2. The van der Waals surface area contributed by atoms with Crippen molar-refractivity contribution in [3.8, 4) is 5.88 Å². The number of nitrogens with zero attached hydrogens (tertiary/aromatic N) is 4. The van der Waals surface area contributed by atoms with E-state index in [4.69, 9.17) is 4.74 Å². The smallest absolute Gasteiger partial charge is 0.278 e. The highest BCUT2D eigenvalue weighted by molar-refractivity contribution is 5.82. The third kappa shape index (κ3) is 5.27. The van der Waals surface area contributed by atoms with Gasteiger partial charge in [-0.05, 0) is 31.7 Å². The van der Waals surface area contributed by atoms with Crippen LogP contribution >= 0.6 is 0 Å². The van der Waals surface area contributed by atoms with Crippen LogP contribution in [0.5, 0.6) is 5.88 Å². The van der Waals surface area contributed by atoms with E-state index in [9.17, 15) is 4.79 Å². The Morgan fingerprint density at radius 2 is 2.00 bits per heavy atom. The predicted octanol–water partition coefficient (Wildman–Crippen LogP) is 2.30. The van der Waals surface area contributed by atoms with Crippen molar-refractivity contribution in [2.45, 2.75) is 26.2 Å². The maximum atomic E-state index is 11.9. The van der Waals surface area contributed by atoms with Crippen molar-refractivity contribution in [3.05, 3.63) is 47.7 Å². The molecule has 0 saturated carbocycles. The highest BCUT2D eigenvalue weighted by atomic mass is 16.5. The number of hydrogen-bond acceptors (Lipinski definition) is 6. The number of carbonyl (C=O) groups is 1. The molecule has 0 aliphatic carbocycles. The van der Waals surface area contributed by atoms with E-state index in [2.05, 4.69) is 25.4 Å². The van der Waals surface area contributed by atoms with Crippen molar-refractivity contribution in [3.63, 3.8) is 0 Å². The summed E-state index contributed by atoms with van der Waals surface area (Å²) < 4.78 is 5.52. The molecule has 1 N–H and O–H groups in total. The molecule has 1 amide bonds. The van der Waals surface area contributed by atoms with Crippen LogP contribution in [0.1, 0.15) is 30.5 Å². The number of carbonyl (C=O) groups excluding carboxylic acids is 1. The molecular weight excluding hydrogens is 330 g/mol. The van der Waals surface area contributed by atoms with Gasteiger partial charge in [-0.2, -0.15) is 10.1 Å². The summed E-state index contributed by atoms with van der Waals surface area (Å²) in [6, 6.07) is 11.3. The number of hydrazone groups is 1. The van der Waals surface area contributed by atoms with Gasteiger partial charge in [-0.25, -0.2) is 10.4 Å². The van der Waals surface area contributed by atoms with Gasteiger partial charge in [0.15, 0.2) is 6.61 Å². The van der Waals surface area contributed by atoms with Gasteiger partial charge in [0.1, 0.15) is 0 Å². The molecule has 0 radical (unpaired) electrons. The molecule has 3 rings (SSSR count). The predicted molar refractivity (Wildman–Crippen MR) is 101 cm³/mol. The molecule has 7 heteroatoms. The minimum absolute atomic E-state index is 0.151. The summed E-state index contributed by atoms with van der Waals surface area (Å²) in [5.41, 5.74) is 4.17. The SMILES string of the molecule is Cc1cc(OCC(=O)NN=Cc2ccccc2)nc(N2CCCCC2)n1. The first-order valence-electron chi connectivity index (χ1n) is 8.81. The number of aromatic nitrogens is 2. The molecule has 0 unspecified atom stereocenters. The lowest BCUT2D eigenvalue weighted by molar-refractivity contribution is -0.123. The number of aryl methyl sites for hydroxylation is 1. The highest BCUT2D eigenvalue weighted by Gasteiger charge is 2.15. The Kier molecular flexibility index (Phi) is 6.14. The highest BCUT2D eigenvalue weighted by Crippen LogP contribution is 2.19. The monoisotopic (exact) mass is 353 g/mol. The average molecular weight is 353 g/mol. The van der Waals surface area contributed by atoms with E-state index in [0.29, 0.717) is 11.8 Å². The second-order valence-corrected chi connectivity index (χ2v) is 6.19. The van der Waals surface area contributed by atoms with Gasteiger partial charge >= 0.3 is 0 Å². The first-order chi connectivity index (χ1) is 12.7. The Balaban J connectivity index is 1.53. The Bertz CT molecular complexity index is 758. The molecule has 2 aromatic rings. The summed E-state index contributed by atoms with van der Waals surface area (Å²) in [5.74, 6) is 0.732. The van der Waals surface area contributed by atoms with Gasteiger partial charge in [0, 0.05) is 24.8 Å². The molecule has 0 spiro atoms. The summed E-state index contributed by atoms with van der Waals surface area (Å²) >= 11 is 0. The van der Waals surface area contributed by atoms with Gasteiger partial charge in [0.05, 0.1) is 6.21 Å². The number of rotatable bonds is 6. The molecule has 26 heavy (non-hydrogen) atoms. The number of benzene rings is 1. The lowest BCUT2D eigenvalue weighted by Crippen LogP contribution is -2.31. The minimum Gasteiger partial charge on any atom is -0.467 e. The van der Waals surface area contributed by atoms with Gasteiger partial charge in [-0.15, -0.1) is 0 Å². The van der Waals surface area contributed by atoms with Crippen LogP contribution in [0, 0.1) is 6.92 Å². The van der Waals surface area contributed by atoms with Gasteiger partial charge in [-0.3, -0.25) is 4.79 Å².